The highest BCUT2D eigenvalue weighted by atomic mass is 35.5. The van der Waals surface area contributed by atoms with E-state index in [1.165, 1.54) is 6.08 Å². The van der Waals surface area contributed by atoms with E-state index in [1.54, 1.807) is 19.3 Å². The van der Waals surface area contributed by atoms with E-state index in [1.807, 2.05) is 37.3 Å². The van der Waals surface area contributed by atoms with Crippen molar-refractivity contribution >= 4 is 55.5 Å². The van der Waals surface area contributed by atoms with Crippen LogP contribution in [0.4, 0.5) is 10.1 Å². The summed E-state index contributed by atoms with van der Waals surface area (Å²) in [4.78, 5) is 26.6. The zero-order chi connectivity index (χ0) is 23.5. The molecule has 0 aliphatic rings. The van der Waals surface area contributed by atoms with E-state index in [4.69, 9.17) is 20.8 Å². The molecule has 4 rings (SSSR count). The zero-order valence-electron chi connectivity index (χ0n) is 17.6. The fourth-order valence-corrected chi connectivity index (χ4v) is 4.08. The van der Waals surface area contributed by atoms with Crippen molar-refractivity contribution in [3.05, 3.63) is 75.6 Å². The van der Waals surface area contributed by atoms with Crippen molar-refractivity contribution in [3.8, 4) is 16.9 Å². The lowest BCUT2D eigenvalue weighted by Gasteiger charge is -2.11. The van der Waals surface area contributed by atoms with E-state index in [-0.39, 0.29) is 10.1 Å². The molecule has 0 bridgehead atoms. The van der Waals surface area contributed by atoms with Crippen molar-refractivity contribution in [2.24, 2.45) is 0 Å². The number of amides is 1. The van der Waals surface area contributed by atoms with Crippen molar-refractivity contribution in [3.63, 3.8) is 0 Å². The molecule has 0 aliphatic carbocycles. The molecule has 0 spiro atoms. The third kappa shape index (κ3) is 4.89. The van der Waals surface area contributed by atoms with Gasteiger partial charge in [0.05, 0.1) is 17.8 Å². The lowest BCUT2D eigenvalue weighted by molar-refractivity contribution is -0.380. The molecule has 1 N–H and O–H groups in total. The van der Waals surface area contributed by atoms with Crippen LogP contribution in [-0.2, 0) is 4.79 Å². The number of allylic oxidation sites excluding steroid dienone is 1. The maximum absolute atomic E-state index is 12.5. The molecule has 2 aromatic carbocycles. The monoisotopic (exact) mass is 483 g/mol. The van der Waals surface area contributed by atoms with E-state index in [9.17, 15) is 14.9 Å². The number of furan rings is 1. The zero-order valence-corrected chi connectivity index (χ0v) is 19.2. The summed E-state index contributed by atoms with van der Waals surface area (Å²) in [7, 11) is 0. The van der Waals surface area contributed by atoms with Gasteiger partial charge in [-0.25, -0.2) is 4.98 Å². The molecule has 168 valence electrons. The number of carbonyl (C=O) groups excluding carboxylic acids is 1. The lowest BCUT2D eigenvalue weighted by atomic mass is 9.99. The first-order chi connectivity index (χ1) is 15.9. The second-order valence-electron chi connectivity index (χ2n) is 7.01. The molecule has 0 fully saturated rings. The molecule has 4 aromatic rings. The predicted molar refractivity (Wildman–Crippen MR) is 129 cm³/mol. The van der Waals surface area contributed by atoms with Gasteiger partial charge in [0.15, 0.2) is 5.13 Å². The Kier molecular flexibility index (Phi) is 6.43. The number of thiazole rings is 1. The number of benzene rings is 2. The first-order valence-electron chi connectivity index (χ1n) is 9.89. The molecule has 33 heavy (non-hydrogen) atoms. The number of carbonyl (C=O) groups is 1. The summed E-state index contributed by atoms with van der Waals surface area (Å²) in [5, 5.41) is 14.9. The smallest absolute Gasteiger partial charge is 0.345 e. The average Bonchev–Trinajstić information content (AvgIpc) is 3.41. The number of rotatable bonds is 7. The van der Waals surface area contributed by atoms with Crippen molar-refractivity contribution < 1.29 is 18.9 Å². The molecular weight excluding hydrogens is 466 g/mol. The highest BCUT2D eigenvalue weighted by Crippen LogP contribution is 2.38. The minimum absolute atomic E-state index is 0.148. The Labute approximate surface area is 197 Å². The van der Waals surface area contributed by atoms with Gasteiger partial charge >= 0.3 is 5.00 Å². The van der Waals surface area contributed by atoms with Gasteiger partial charge in [-0.15, -0.1) is 0 Å². The summed E-state index contributed by atoms with van der Waals surface area (Å²) in [6.45, 7) is 4.09. The maximum atomic E-state index is 12.5. The molecular formula is C23H18ClN3O5S. The number of nitrogens with one attached hydrogen (secondary N) is 1. The van der Waals surface area contributed by atoms with Crippen LogP contribution in [-0.4, -0.2) is 22.4 Å². The van der Waals surface area contributed by atoms with Crippen molar-refractivity contribution in [1.82, 2.24) is 4.98 Å². The third-order valence-corrected chi connectivity index (χ3v) is 5.92. The fourth-order valence-electron chi connectivity index (χ4n) is 3.31. The van der Waals surface area contributed by atoms with Crippen LogP contribution in [0.25, 0.3) is 27.7 Å². The van der Waals surface area contributed by atoms with Crippen LogP contribution < -0.4 is 10.1 Å². The Morgan fingerprint density at radius 1 is 1.33 bits per heavy atom. The first-order valence-corrected chi connectivity index (χ1v) is 11.1. The highest BCUT2D eigenvalue weighted by Gasteiger charge is 2.16. The molecule has 0 saturated heterocycles. The minimum atomic E-state index is -0.554. The Hall–Kier alpha value is -3.69. The number of hydrogen-bond acceptors (Lipinski definition) is 7. The average molecular weight is 484 g/mol. The van der Waals surface area contributed by atoms with E-state index in [0.29, 0.717) is 28.5 Å². The molecule has 2 aromatic heterocycles. The van der Waals surface area contributed by atoms with Crippen molar-refractivity contribution in [2.75, 3.05) is 11.9 Å². The Balaban J connectivity index is 1.69. The van der Waals surface area contributed by atoms with Crippen LogP contribution >= 0.6 is 22.9 Å². The van der Waals surface area contributed by atoms with Gasteiger partial charge in [0, 0.05) is 33.7 Å². The number of fused-ring (bicyclic) bond motifs is 1. The SMILES string of the molecule is CCOc1cc2occ(-c3ccc(Cl)cc3)c2cc1/C(C)=C/C(=O)Nc1ncc([N+](=O)[O-])s1. The van der Waals surface area contributed by atoms with Gasteiger partial charge in [-0.05, 0) is 54.5 Å². The number of halogens is 1. The van der Waals surface area contributed by atoms with E-state index < -0.39 is 10.8 Å². The van der Waals surface area contributed by atoms with Gasteiger partial charge in [0.2, 0.25) is 5.91 Å². The summed E-state index contributed by atoms with van der Waals surface area (Å²) in [6.07, 6.45) is 4.18. The van der Waals surface area contributed by atoms with Gasteiger partial charge in [-0.2, -0.15) is 0 Å². The fraction of sp³-hybridized carbons (Fsp3) is 0.130. The largest absolute Gasteiger partial charge is 0.493 e. The number of aromatic nitrogens is 1. The molecule has 1 amide bonds. The van der Waals surface area contributed by atoms with Gasteiger partial charge in [0.25, 0.3) is 0 Å². The van der Waals surface area contributed by atoms with Crippen molar-refractivity contribution in [2.45, 2.75) is 13.8 Å². The number of hydrogen-bond donors (Lipinski definition) is 1. The Bertz CT molecular complexity index is 1370. The van der Waals surface area contributed by atoms with Crippen molar-refractivity contribution in [1.29, 1.82) is 0 Å². The third-order valence-electron chi connectivity index (χ3n) is 4.81. The molecule has 10 heteroatoms. The summed E-state index contributed by atoms with van der Waals surface area (Å²) < 4.78 is 11.6. The molecule has 0 aliphatic heterocycles. The Morgan fingerprint density at radius 2 is 2.09 bits per heavy atom. The van der Waals surface area contributed by atoms with Gasteiger partial charge in [-0.1, -0.05) is 23.7 Å². The summed E-state index contributed by atoms with van der Waals surface area (Å²) in [5.74, 6) is 0.123. The minimum Gasteiger partial charge on any atom is -0.493 e. The van der Waals surface area contributed by atoms with Gasteiger partial charge in [0.1, 0.15) is 17.5 Å². The molecule has 2 heterocycles. The number of nitrogens with zero attached hydrogens (tertiary/aromatic N) is 2. The normalized spacial score (nSPS) is 11.5. The first kappa shape index (κ1) is 22.5. The second kappa shape index (κ2) is 9.43. The highest BCUT2D eigenvalue weighted by molar-refractivity contribution is 7.18. The van der Waals surface area contributed by atoms with Gasteiger partial charge < -0.3 is 9.15 Å². The van der Waals surface area contributed by atoms with E-state index in [2.05, 4.69) is 10.3 Å². The second-order valence-corrected chi connectivity index (χ2v) is 8.46. The van der Waals surface area contributed by atoms with E-state index in [0.717, 1.165) is 39.6 Å². The molecule has 0 unspecified atom stereocenters. The molecule has 8 nitrogen and oxygen atoms in total. The van der Waals surface area contributed by atoms with Crippen LogP contribution in [0.1, 0.15) is 19.4 Å². The standard InChI is InChI=1S/C23H18ClN3O5S/c1-3-31-19-10-20-17(18(12-32-20)14-4-6-15(24)7-5-14)9-16(19)13(2)8-21(28)26-23-25-11-22(33-23)27(29)30/h4-12H,3H2,1-2H3,(H,25,26,28)/b13-8+. The summed E-state index contributed by atoms with van der Waals surface area (Å²) in [6, 6.07) is 11.2. The van der Waals surface area contributed by atoms with Crippen LogP contribution in [0, 0.1) is 10.1 Å². The lowest BCUT2D eigenvalue weighted by Crippen LogP contribution is -2.08. The number of nitro groups is 1. The van der Waals surface area contributed by atoms with Gasteiger partial charge in [-0.3, -0.25) is 20.2 Å². The topological polar surface area (TPSA) is 108 Å². The van der Waals surface area contributed by atoms with Crippen LogP contribution in [0.15, 0.2) is 59.4 Å². The number of ether oxygens (including phenoxy) is 1. The van der Waals surface area contributed by atoms with E-state index >= 15 is 0 Å². The van der Waals surface area contributed by atoms with Crippen LogP contribution in [0.3, 0.4) is 0 Å². The van der Waals surface area contributed by atoms with Crippen LogP contribution in [0.2, 0.25) is 5.02 Å². The quantitative estimate of drug-likeness (QED) is 0.181. The summed E-state index contributed by atoms with van der Waals surface area (Å²) in [5.41, 5.74) is 3.85. The Morgan fingerprint density at radius 3 is 2.76 bits per heavy atom. The van der Waals surface area contributed by atoms with Crippen LogP contribution in [0.5, 0.6) is 5.75 Å². The predicted octanol–water partition coefficient (Wildman–Crippen LogP) is 6.56. The molecule has 0 radical (unpaired) electrons. The number of anilines is 1. The molecule has 0 saturated carbocycles. The molecule has 0 atom stereocenters. The maximum Gasteiger partial charge on any atom is 0.345 e. The summed E-state index contributed by atoms with van der Waals surface area (Å²) >= 11 is 6.80.